The van der Waals surface area contributed by atoms with E-state index in [1.807, 2.05) is 6.92 Å². The van der Waals surface area contributed by atoms with E-state index in [9.17, 15) is 8.42 Å². The number of oxazole rings is 1. The molecule has 0 bridgehead atoms. The van der Waals surface area contributed by atoms with Gasteiger partial charge in [-0.05, 0) is 20.3 Å². The van der Waals surface area contributed by atoms with Gasteiger partial charge in [-0.25, -0.2) is 23.1 Å². The van der Waals surface area contributed by atoms with Gasteiger partial charge in [-0.2, -0.15) is 0 Å². The minimum Gasteiger partial charge on any atom is -0.443 e. The quantitative estimate of drug-likeness (QED) is 0.343. The normalized spacial score (nSPS) is 13.1. The van der Waals surface area contributed by atoms with Gasteiger partial charge in [0.15, 0.2) is 5.96 Å². The van der Waals surface area contributed by atoms with E-state index in [1.54, 1.807) is 13.1 Å². The summed E-state index contributed by atoms with van der Waals surface area (Å²) in [7, 11) is -3.13. The van der Waals surface area contributed by atoms with Gasteiger partial charge in [-0.3, -0.25) is 0 Å². The lowest BCUT2D eigenvalue weighted by Gasteiger charge is -2.13. The Morgan fingerprint density at radius 1 is 1.24 bits per heavy atom. The zero-order chi connectivity index (χ0) is 18.9. The van der Waals surface area contributed by atoms with Crippen LogP contribution in [0.5, 0.6) is 0 Å². The topological polar surface area (TPSA) is 109 Å². The molecule has 0 aromatic carbocycles. The van der Waals surface area contributed by atoms with Crippen molar-refractivity contribution in [3.05, 3.63) is 17.8 Å². The summed E-state index contributed by atoms with van der Waals surface area (Å²) in [5.74, 6) is 2.14. The number of rotatable bonds is 9. The lowest BCUT2D eigenvalue weighted by Crippen LogP contribution is -2.38. The van der Waals surface area contributed by atoms with Gasteiger partial charge in [0.1, 0.15) is 12.3 Å². The van der Waals surface area contributed by atoms with Crippen LogP contribution in [0, 0.1) is 0 Å². The van der Waals surface area contributed by atoms with Crippen LogP contribution in [0.15, 0.2) is 15.6 Å². The Hall–Kier alpha value is -1.61. The van der Waals surface area contributed by atoms with Crippen LogP contribution in [0.1, 0.15) is 52.7 Å². The van der Waals surface area contributed by atoms with Gasteiger partial charge >= 0.3 is 0 Å². The van der Waals surface area contributed by atoms with E-state index in [2.05, 4.69) is 46.1 Å². The van der Waals surface area contributed by atoms with E-state index in [0.29, 0.717) is 37.9 Å². The standard InChI is InChI=1S/C16H31N5O3S/c1-6-17-15(18-9-8-10-21-25(22,23)7-2)20-12-14-19-11-13(24-14)16(3,4)5/h11,21H,6-10,12H2,1-5H3,(H2,17,18,20). The third-order valence-corrected chi connectivity index (χ3v) is 4.76. The predicted molar refractivity (Wildman–Crippen MR) is 100 cm³/mol. The Balaban J connectivity index is 2.47. The average molecular weight is 374 g/mol. The maximum absolute atomic E-state index is 11.3. The number of guanidine groups is 1. The summed E-state index contributed by atoms with van der Waals surface area (Å²) in [5.41, 5.74) is -0.0798. The van der Waals surface area contributed by atoms with Crippen molar-refractivity contribution in [2.24, 2.45) is 4.99 Å². The number of nitrogens with zero attached hydrogens (tertiary/aromatic N) is 2. The van der Waals surface area contributed by atoms with Crippen molar-refractivity contribution in [2.75, 3.05) is 25.4 Å². The molecule has 0 aliphatic heterocycles. The Morgan fingerprint density at radius 3 is 2.52 bits per heavy atom. The number of hydrogen-bond acceptors (Lipinski definition) is 5. The summed E-state index contributed by atoms with van der Waals surface area (Å²) < 4.78 is 30.9. The fourth-order valence-electron chi connectivity index (χ4n) is 1.84. The SMILES string of the molecule is CCNC(=NCc1ncc(C(C)(C)C)o1)NCCCNS(=O)(=O)CC. The van der Waals surface area contributed by atoms with E-state index >= 15 is 0 Å². The molecular formula is C16H31N5O3S. The third-order valence-electron chi connectivity index (χ3n) is 3.36. The van der Waals surface area contributed by atoms with Crippen LogP contribution in [0.25, 0.3) is 0 Å². The minimum atomic E-state index is -3.13. The van der Waals surface area contributed by atoms with Crippen LogP contribution in [-0.4, -0.2) is 44.7 Å². The molecule has 3 N–H and O–H groups in total. The number of aliphatic imine (C=N–C) groups is 1. The monoisotopic (exact) mass is 373 g/mol. The second-order valence-electron chi connectivity index (χ2n) is 6.64. The van der Waals surface area contributed by atoms with Crippen molar-refractivity contribution in [1.29, 1.82) is 0 Å². The van der Waals surface area contributed by atoms with Crippen LogP contribution in [-0.2, 0) is 22.0 Å². The summed E-state index contributed by atoms with van der Waals surface area (Å²) in [6.07, 6.45) is 2.40. The van der Waals surface area contributed by atoms with Gasteiger partial charge in [0.05, 0.1) is 11.9 Å². The molecule has 1 heterocycles. The van der Waals surface area contributed by atoms with Crippen LogP contribution in [0.4, 0.5) is 0 Å². The molecule has 25 heavy (non-hydrogen) atoms. The molecule has 0 aliphatic carbocycles. The van der Waals surface area contributed by atoms with E-state index < -0.39 is 10.0 Å². The van der Waals surface area contributed by atoms with Crippen molar-refractivity contribution in [3.63, 3.8) is 0 Å². The summed E-state index contributed by atoms with van der Waals surface area (Å²) in [4.78, 5) is 8.70. The number of sulfonamides is 1. The number of hydrogen-bond donors (Lipinski definition) is 3. The molecule has 0 radical (unpaired) electrons. The molecule has 0 saturated heterocycles. The van der Waals surface area contributed by atoms with E-state index in [-0.39, 0.29) is 11.2 Å². The molecular weight excluding hydrogens is 342 g/mol. The summed E-state index contributed by atoms with van der Waals surface area (Å²) in [6.45, 7) is 11.9. The first-order valence-corrected chi connectivity index (χ1v) is 10.3. The van der Waals surface area contributed by atoms with Crippen molar-refractivity contribution >= 4 is 16.0 Å². The van der Waals surface area contributed by atoms with Gasteiger partial charge in [0.2, 0.25) is 15.9 Å². The zero-order valence-electron chi connectivity index (χ0n) is 15.8. The zero-order valence-corrected chi connectivity index (χ0v) is 16.7. The van der Waals surface area contributed by atoms with E-state index in [1.165, 1.54) is 0 Å². The lowest BCUT2D eigenvalue weighted by atomic mass is 9.94. The van der Waals surface area contributed by atoms with E-state index in [0.717, 1.165) is 12.3 Å². The van der Waals surface area contributed by atoms with Gasteiger partial charge < -0.3 is 15.1 Å². The Labute approximate surface area is 150 Å². The Bertz CT molecular complexity index is 647. The lowest BCUT2D eigenvalue weighted by molar-refractivity contribution is 0.383. The highest BCUT2D eigenvalue weighted by atomic mass is 32.2. The highest BCUT2D eigenvalue weighted by Gasteiger charge is 2.19. The molecule has 8 nitrogen and oxygen atoms in total. The predicted octanol–water partition coefficient (Wildman–Crippen LogP) is 1.36. The number of aromatic nitrogens is 1. The molecule has 0 fully saturated rings. The summed E-state index contributed by atoms with van der Waals surface area (Å²) in [5, 5.41) is 6.31. The van der Waals surface area contributed by atoms with Crippen molar-refractivity contribution in [1.82, 2.24) is 20.3 Å². The first kappa shape index (κ1) is 21.4. The molecule has 9 heteroatoms. The van der Waals surface area contributed by atoms with Crippen LogP contribution >= 0.6 is 0 Å². The average Bonchev–Trinajstić information content (AvgIpc) is 3.01. The molecule has 0 amide bonds. The molecule has 144 valence electrons. The maximum atomic E-state index is 11.3. The molecule has 1 aromatic rings. The first-order chi connectivity index (χ1) is 11.7. The first-order valence-electron chi connectivity index (χ1n) is 8.62. The number of nitrogens with one attached hydrogen (secondary N) is 3. The fourth-order valence-corrected chi connectivity index (χ4v) is 2.50. The molecule has 0 spiro atoms. The third kappa shape index (κ3) is 8.35. The van der Waals surface area contributed by atoms with Crippen molar-refractivity contribution in [3.8, 4) is 0 Å². The maximum Gasteiger partial charge on any atom is 0.216 e. The van der Waals surface area contributed by atoms with Gasteiger partial charge in [0.25, 0.3) is 0 Å². The molecule has 0 atom stereocenters. The highest BCUT2D eigenvalue weighted by Crippen LogP contribution is 2.22. The Kier molecular flexibility index (Phi) is 8.37. The second kappa shape index (κ2) is 9.76. The van der Waals surface area contributed by atoms with E-state index in [4.69, 9.17) is 4.42 Å². The molecule has 0 aliphatic rings. The van der Waals surface area contributed by atoms with Gasteiger partial charge in [-0.1, -0.05) is 20.8 Å². The fraction of sp³-hybridized carbons (Fsp3) is 0.750. The highest BCUT2D eigenvalue weighted by molar-refractivity contribution is 7.89. The smallest absolute Gasteiger partial charge is 0.216 e. The van der Waals surface area contributed by atoms with Gasteiger partial charge in [0, 0.05) is 25.0 Å². The van der Waals surface area contributed by atoms with Gasteiger partial charge in [-0.15, -0.1) is 0 Å². The minimum absolute atomic E-state index is 0.0798. The van der Waals surface area contributed by atoms with Crippen LogP contribution in [0.2, 0.25) is 0 Å². The summed E-state index contributed by atoms with van der Waals surface area (Å²) in [6, 6.07) is 0. The van der Waals surface area contributed by atoms with Crippen molar-refractivity contribution in [2.45, 2.75) is 53.0 Å². The Morgan fingerprint density at radius 2 is 1.96 bits per heavy atom. The second-order valence-corrected chi connectivity index (χ2v) is 8.74. The molecule has 0 unspecified atom stereocenters. The van der Waals surface area contributed by atoms with Crippen molar-refractivity contribution < 1.29 is 12.8 Å². The largest absolute Gasteiger partial charge is 0.443 e. The summed E-state index contributed by atoms with van der Waals surface area (Å²) >= 11 is 0. The van der Waals surface area contributed by atoms with Crippen LogP contribution in [0.3, 0.4) is 0 Å². The van der Waals surface area contributed by atoms with Crippen LogP contribution < -0.4 is 15.4 Å². The molecule has 1 rings (SSSR count). The molecule has 0 saturated carbocycles. The molecule has 1 aromatic heterocycles.